The maximum Gasteiger partial charge on any atom is 0.348 e. The van der Waals surface area contributed by atoms with Crippen molar-refractivity contribution < 1.29 is 23.0 Å². The summed E-state index contributed by atoms with van der Waals surface area (Å²) < 4.78 is 38.2. The van der Waals surface area contributed by atoms with Crippen LogP contribution in [0.25, 0.3) is 22.5 Å². The molecule has 0 saturated carbocycles. The Morgan fingerprint density at radius 3 is 2.08 bits per heavy atom. The van der Waals surface area contributed by atoms with Crippen molar-refractivity contribution in [2.24, 2.45) is 0 Å². The fraction of sp³-hybridized carbons (Fsp3) is 0.452. The van der Waals surface area contributed by atoms with Gasteiger partial charge in [-0.3, -0.25) is 0 Å². The van der Waals surface area contributed by atoms with Crippen molar-refractivity contribution >= 4 is 5.97 Å². The predicted molar refractivity (Wildman–Crippen MR) is 147 cm³/mol. The molecule has 0 fully saturated rings. The summed E-state index contributed by atoms with van der Waals surface area (Å²) in [5, 5.41) is 0. The standard InChI is InChI=1S/C31H38F2N2O3/c1-4-19-31(3,33)30(36)38-28-17-11-24(12-18-28)26-21-34-29(35-22-26)25-13-15-27(16-14-25)37-20-9-7-5-6-8-10-23(2)32/h11-18,21-23H,4-10,19-20H2,1-3H3/t23-,31-/m0/s1. The number of ether oxygens (including phenoxy) is 2. The molecule has 3 aromatic rings. The number of aromatic nitrogens is 2. The average molecular weight is 525 g/mol. The molecule has 0 amide bonds. The molecule has 0 spiro atoms. The van der Waals surface area contributed by atoms with E-state index in [1.165, 1.54) is 6.92 Å². The van der Waals surface area contributed by atoms with E-state index in [2.05, 4.69) is 9.97 Å². The first-order valence-corrected chi connectivity index (χ1v) is 13.5. The third-order valence-corrected chi connectivity index (χ3v) is 6.32. The molecule has 2 atom stereocenters. The van der Waals surface area contributed by atoms with Crippen LogP contribution in [0.15, 0.2) is 60.9 Å². The predicted octanol–water partition coefficient (Wildman–Crippen LogP) is 8.32. The van der Waals surface area contributed by atoms with E-state index in [9.17, 15) is 13.6 Å². The van der Waals surface area contributed by atoms with E-state index in [1.54, 1.807) is 43.6 Å². The fourth-order valence-corrected chi connectivity index (χ4v) is 4.07. The van der Waals surface area contributed by atoms with Gasteiger partial charge in [-0.05, 0) is 75.1 Å². The van der Waals surface area contributed by atoms with Crippen LogP contribution in [0.3, 0.4) is 0 Å². The zero-order valence-corrected chi connectivity index (χ0v) is 22.6. The molecule has 0 aliphatic rings. The molecule has 0 bridgehead atoms. The van der Waals surface area contributed by atoms with Crippen LogP contribution in [0.5, 0.6) is 11.5 Å². The van der Waals surface area contributed by atoms with Gasteiger partial charge in [0, 0.05) is 23.5 Å². The highest BCUT2D eigenvalue weighted by atomic mass is 19.1. The first-order chi connectivity index (χ1) is 18.3. The molecule has 3 rings (SSSR count). The molecule has 5 nitrogen and oxygen atoms in total. The third-order valence-electron chi connectivity index (χ3n) is 6.32. The number of carbonyl (C=O) groups is 1. The number of benzene rings is 2. The first-order valence-electron chi connectivity index (χ1n) is 13.5. The summed E-state index contributed by atoms with van der Waals surface area (Å²) in [6.45, 7) is 5.34. The summed E-state index contributed by atoms with van der Waals surface area (Å²) in [6.07, 6.45) is 9.30. The second kappa shape index (κ2) is 14.6. The number of hydrogen-bond donors (Lipinski definition) is 0. The van der Waals surface area contributed by atoms with E-state index in [1.807, 2.05) is 31.2 Å². The van der Waals surface area contributed by atoms with Crippen LogP contribution in [0.2, 0.25) is 0 Å². The van der Waals surface area contributed by atoms with Crippen LogP contribution in [-0.4, -0.2) is 34.4 Å². The number of alkyl halides is 2. The Labute approximate surface area is 224 Å². The number of halogens is 2. The number of nitrogens with zero attached hydrogens (tertiary/aromatic N) is 2. The van der Waals surface area contributed by atoms with Crippen molar-refractivity contribution in [2.75, 3.05) is 6.61 Å². The number of rotatable bonds is 15. The third kappa shape index (κ3) is 9.19. The monoisotopic (exact) mass is 524 g/mol. The van der Waals surface area contributed by atoms with Gasteiger partial charge < -0.3 is 9.47 Å². The zero-order valence-electron chi connectivity index (χ0n) is 22.6. The topological polar surface area (TPSA) is 61.3 Å². The lowest BCUT2D eigenvalue weighted by Gasteiger charge is -2.17. The van der Waals surface area contributed by atoms with Crippen molar-refractivity contribution in [3.63, 3.8) is 0 Å². The molecule has 2 aromatic carbocycles. The normalized spacial score (nSPS) is 13.5. The number of unbranched alkanes of at least 4 members (excludes halogenated alkanes) is 4. The quantitative estimate of drug-likeness (QED) is 0.114. The Morgan fingerprint density at radius 1 is 0.868 bits per heavy atom. The zero-order chi connectivity index (χ0) is 27.4. The van der Waals surface area contributed by atoms with E-state index in [-0.39, 0.29) is 6.42 Å². The molecule has 1 heterocycles. The van der Waals surface area contributed by atoms with Crippen LogP contribution < -0.4 is 9.47 Å². The molecule has 204 valence electrons. The van der Waals surface area contributed by atoms with Gasteiger partial charge >= 0.3 is 5.97 Å². The number of esters is 1. The van der Waals surface area contributed by atoms with Crippen molar-refractivity contribution in [1.82, 2.24) is 9.97 Å². The molecule has 0 saturated heterocycles. The number of carbonyl (C=O) groups excluding carboxylic acids is 1. The maximum absolute atomic E-state index is 14.3. The summed E-state index contributed by atoms with van der Waals surface area (Å²) in [6, 6.07) is 14.5. The highest BCUT2D eigenvalue weighted by Crippen LogP contribution is 2.26. The van der Waals surface area contributed by atoms with Crippen LogP contribution in [0.4, 0.5) is 8.78 Å². The van der Waals surface area contributed by atoms with Gasteiger partial charge in [0.25, 0.3) is 0 Å². The molecule has 0 aliphatic carbocycles. The van der Waals surface area contributed by atoms with E-state index in [0.29, 0.717) is 31.0 Å². The molecule has 0 aliphatic heterocycles. The molecule has 1 aromatic heterocycles. The van der Waals surface area contributed by atoms with E-state index >= 15 is 0 Å². The Hall–Kier alpha value is -3.35. The van der Waals surface area contributed by atoms with Gasteiger partial charge in [-0.2, -0.15) is 0 Å². The van der Waals surface area contributed by atoms with Crippen molar-refractivity contribution in [3.8, 4) is 34.0 Å². The number of hydrogen-bond acceptors (Lipinski definition) is 5. The smallest absolute Gasteiger partial charge is 0.348 e. The van der Waals surface area contributed by atoms with E-state index in [4.69, 9.17) is 9.47 Å². The SMILES string of the molecule is CCC[C@](C)(F)C(=O)Oc1ccc(-c2cnc(-c3ccc(OCCCCCCC[C@H](C)F)cc3)nc2)cc1. The molecule has 0 N–H and O–H groups in total. The Bertz CT molecular complexity index is 1120. The van der Waals surface area contributed by atoms with Gasteiger partial charge in [0.05, 0.1) is 12.8 Å². The van der Waals surface area contributed by atoms with Crippen LogP contribution in [-0.2, 0) is 4.79 Å². The molecule has 0 radical (unpaired) electrons. The van der Waals surface area contributed by atoms with Gasteiger partial charge in [0.15, 0.2) is 5.82 Å². The first kappa shape index (κ1) is 29.2. The van der Waals surface area contributed by atoms with E-state index in [0.717, 1.165) is 54.5 Å². The summed E-state index contributed by atoms with van der Waals surface area (Å²) >= 11 is 0. The highest BCUT2D eigenvalue weighted by molar-refractivity contribution is 5.81. The lowest BCUT2D eigenvalue weighted by atomic mass is 10.0. The van der Waals surface area contributed by atoms with Gasteiger partial charge in [-0.1, -0.05) is 51.2 Å². The van der Waals surface area contributed by atoms with Gasteiger partial charge in [0.2, 0.25) is 5.67 Å². The largest absolute Gasteiger partial charge is 0.494 e. The fourth-order valence-electron chi connectivity index (χ4n) is 4.07. The van der Waals surface area contributed by atoms with E-state index < -0.39 is 17.8 Å². The lowest BCUT2D eigenvalue weighted by Crippen LogP contribution is -2.34. The minimum atomic E-state index is -2.00. The van der Waals surface area contributed by atoms with Gasteiger partial charge in [-0.15, -0.1) is 0 Å². The second-order valence-electron chi connectivity index (χ2n) is 9.87. The molecule has 7 heteroatoms. The summed E-state index contributed by atoms with van der Waals surface area (Å²) in [7, 11) is 0. The van der Waals surface area contributed by atoms with Crippen LogP contribution >= 0.6 is 0 Å². The summed E-state index contributed by atoms with van der Waals surface area (Å²) in [5.74, 6) is 0.820. The molecule has 38 heavy (non-hydrogen) atoms. The van der Waals surface area contributed by atoms with Crippen molar-refractivity contribution in [3.05, 3.63) is 60.9 Å². The van der Waals surface area contributed by atoms with Gasteiger partial charge in [0.1, 0.15) is 11.5 Å². The van der Waals surface area contributed by atoms with Crippen molar-refractivity contribution in [2.45, 2.75) is 84.0 Å². The minimum absolute atomic E-state index is 0.118. The molecular weight excluding hydrogens is 486 g/mol. The Morgan fingerprint density at radius 2 is 1.45 bits per heavy atom. The Balaban J connectivity index is 1.47. The summed E-state index contributed by atoms with van der Waals surface area (Å²) in [5.41, 5.74) is 0.550. The van der Waals surface area contributed by atoms with Crippen LogP contribution in [0.1, 0.15) is 72.1 Å². The molecular formula is C31H38F2N2O3. The van der Waals surface area contributed by atoms with Crippen LogP contribution in [0, 0.1) is 0 Å². The van der Waals surface area contributed by atoms with Gasteiger partial charge in [-0.25, -0.2) is 23.5 Å². The van der Waals surface area contributed by atoms with Crippen molar-refractivity contribution in [1.29, 1.82) is 0 Å². The lowest BCUT2D eigenvalue weighted by molar-refractivity contribution is -0.147. The maximum atomic E-state index is 14.3. The Kier molecular flexibility index (Phi) is 11.2. The minimum Gasteiger partial charge on any atom is -0.494 e. The molecule has 0 unspecified atom stereocenters. The second-order valence-corrected chi connectivity index (χ2v) is 9.87. The average Bonchev–Trinajstić information content (AvgIpc) is 2.91. The highest BCUT2D eigenvalue weighted by Gasteiger charge is 2.34. The summed E-state index contributed by atoms with van der Waals surface area (Å²) in [4.78, 5) is 21.0.